The van der Waals surface area contributed by atoms with Gasteiger partial charge in [-0.3, -0.25) is 0 Å². The van der Waals surface area contributed by atoms with Crippen LogP contribution in [-0.2, 0) is 17.3 Å². The van der Waals surface area contributed by atoms with E-state index in [1.807, 2.05) is 43.3 Å². The molecule has 0 spiro atoms. The van der Waals surface area contributed by atoms with E-state index in [4.69, 9.17) is 16.3 Å². The molecule has 0 N–H and O–H groups in total. The SMILES string of the molecule is CCOC1c2cc3cc(Cl)ccc3[n+]([O-])c2CC(c2ccc(C(F)(F)F)cc2)C1c1ccccc1. The van der Waals surface area contributed by atoms with Gasteiger partial charge in [0, 0.05) is 41.3 Å². The van der Waals surface area contributed by atoms with Crippen LogP contribution in [0.2, 0.25) is 5.02 Å². The van der Waals surface area contributed by atoms with Gasteiger partial charge in [0.1, 0.15) is 0 Å². The van der Waals surface area contributed by atoms with Gasteiger partial charge in [-0.2, -0.15) is 17.9 Å². The number of benzene rings is 3. The predicted octanol–water partition coefficient (Wildman–Crippen LogP) is 7.35. The third-order valence-corrected chi connectivity index (χ3v) is 7.01. The Balaban J connectivity index is 1.72. The average molecular weight is 498 g/mol. The van der Waals surface area contributed by atoms with Gasteiger partial charge in [-0.25, -0.2) is 0 Å². The molecule has 0 fully saturated rings. The van der Waals surface area contributed by atoms with Gasteiger partial charge in [-0.15, -0.1) is 0 Å². The first-order valence-electron chi connectivity index (χ1n) is 11.5. The molecule has 1 aliphatic carbocycles. The number of rotatable bonds is 4. The molecule has 0 radical (unpaired) electrons. The molecule has 3 aromatic carbocycles. The second kappa shape index (κ2) is 9.17. The lowest BCUT2D eigenvalue weighted by molar-refractivity contribution is -0.587. The van der Waals surface area contributed by atoms with Gasteiger partial charge in [0.2, 0.25) is 5.52 Å². The van der Waals surface area contributed by atoms with Crippen molar-refractivity contribution in [3.63, 3.8) is 0 Å². The van der Waals surface area contributed by atoms with Gasteiger partial charge >= 0.3 is 6.18 Å². The molecule has 180 valence electrons. The number of pyridine rings is 1. The van der Waals surface area contributed by atoms with E-state index >= 15 is 0 Å². The minimum absolute atomic E-state index is 0.197. The number of aromatic nitrogens is 1. The molecular weight excluding hydrogens is 475 g/mol. The fraction of sp³-hybridized carbons (Fsp3) is 0.250. The van der Waals surface area contributed by atoms with Gasteiger partial charge in [0.15, 0.2) is 5.69 Å². The van der Waals surface area contributed by atoms with Crippen LogP contribution >= 0.6 is 11.6 Å². The monoisotopic (exact) mass is 497 g/mol. The summed E-state index contributed by atoms with van der Waals surface area (Å²) in [6.07, 6.45) is -4.50. The van der Waals surface area contributed by atoms with Gasteiger partial charge in [-0.1, -0.05) is 54.1 Å². The van der Waals surface area contributed by atoms with E-state index in [1.165, 1.54) is 12.1 Å². The average Bonchev–Trinajstić information content (AvgIpc) is 2.84. The van der Waals surface area contributed by atoms with Crippen LogP contribution in [0.25, 0.3) is 10.9 Å². The van der Waals surface area contributed by atoms with Crippen LogP contribution in [-0.4, -0.2) is 6.61 Å². The molecule has 4 aromatic rings. The molecule has 0 bridgehead atoms. The molecule has 3 unspecified atom stereocenters. The van der Waals surface area contributed by atoms with Crippen LogP contribution in [0.15, 0.2) is 78.9 Å². The van der Waals surface area contributed by atoms with Crippen molar-refractivity contribution in [1.29, 1.82) is 0 Å². The van der Waals surface area contributed by atoms with Crippen molar-refractivity contribution in [1.82, 2.24) is 0 Å². The van der Waals surface area contributed by atoms with E-state index in [0.717, 1.165) is 38.9 Å². The highest BCUT2D eigenvalue weighted by atomic mass is 35.5. The van der Waals surface area contributed by atoms with E-state index < -0.39 is 17.8 Å². The van der Waals surface area contributed by atoms with Crippen molar-refractivity contribution in [3.05, 3.63) is 117 Å². The van der Waals surface area contributed by atoms with Crippen molar-refractivity contribution < 1.29 is 22.6 Å². The second-order valence-electron chi connectivity index (χ2n) is 8.79. The molecule has 1 heterocycles. The Hall–Kier alpha value is -3.09. The molecular formula is C28H23ClF3NO2. The Morgan fingerprint density at radius 3 is 2.34 bits per heavy atom. The summed E-state index contributed by atoms with van der Waals surface area (Å²) in [4.78, 5) is 0. The molecule has 7 heteroatoms. The van der Waals surface area contributed by atoms with Gasteiger partial charge < -0.3 is 9.94 Å². The summed E-state index contributed by atoms with van der Waals surface area (Å²) in [6, 6.07) is 22.1. The van der Waals surface area contributed by atoms with Gasteiger partial charge in [-0.05, 0) is 48.4 Å². The lowest BCUT2D eigenvalue weighted by Gasteiger charge is -2.39. The van der Waals surface area contributed by atoms with E-state index in [9.17, 15) is 18.4 Å². The summed E-state index contributed by atoms with van der Waals surface area (Å²) in [5, 5.41) is 14.8. The number of ether oxygens (including phenoxy) is 1. The summed E-state index contributed by atoms with van der Waals surface area (Å²) in [7, 11) is 0. The molecule has 0 saturated carbocycles. The molecule has 5 rings (SSSR count). The highest BCUT2D eigenvalue weighted by Gasteiger charge is 2.43. The van der Waals surface area contributed by atoms with Crippen LogP contribution in [0.1, 0.15) is 52.8 Å². The van der Waals surface area contributed by atoms with Crippen LogP contribution in [0.3, 0.4) is 0 Å². The molecule has 0 aliphatic heterocycles. The zero-order chi connectivity index (χ0) is 24.7. The maximum absolute atomic E-state index is 13.5. The largest absolute Gasteiger partial charge is 0.618 e. The van der Waals surface area contributed by atoms with E-state index in [2.05, 4.69) is 0 Å². The van der Waals surface area contributed by atoms with Crippen molar-refractivity contribution in [2.24, 2.45) is 0 Å². The van der Waals surface area contributed by atoms with Crippen molar-refractivity contribution in [3.8, 4) is 0 Å². The van der Waals surface area contributed by atoms with Crippen LogP contribution < -0.4 is 4.73 Å². The van der Waals surface area contributed by atoms with Gasteiger partial charge in [0.05, 0.1) is 17.2 Å². The lowest BCUT2D eigenvalue weighted by atomic mass is 9.69. The van der Waals surface area contributed by atoms with Crippen molar-refractivity contribution in [2.45, 2.75) is 37.5 Å². The summed E-state index contributed by atoms with van der Waals surface area (Å²) in [5.41, 5.74) is 2.89. The second-order valence-corrected chi connectivity index (χ2v) is 9.22. The van der Waals surface area contributed by atoms with Crippen LogP contribution in [0, 0.1) is 5.21 Å². The smallest absolute Gasteiger partial charge is 0.416 e. The van der Waals surface area contributed by atoms with Gasteiger partial charge in [0.25, 0.3) is 0 Å². The number of alkyl halides is 3. The Morgan fingerprint density at radius 2 is 1.69 bits per heavy atom. The first-order valence-corrected chi connectivity index (χ1v) is 11.8. The van der Waals surface area contributed by atoms with Crippen molar-refractivity contribution in [2.75, 3.05) is 6.61 Å². The Morgan fingerprint density at radius 1 is 0.971 bits per heavy atom. The first-order chi connectivity index (χ1) is 16.8. The normalized spacial score (nSPS) is 20.1. The Kier molecular flexibility index (Phi) is 6.20. The Bertz CT molecular complexity index is 1360. The topological polar surface area (TPSA) is 36.2 Å². The minimum atomic E-state index is -4.41. The van der Waals surface area contributed by atoms with E-state index in [-0.39, 0.29) is 11.8 Å². The molecule has 1 aliphatic rings. The molecule has 3 nitrogen and oxygen atoms in total. The molecule has 0 saturated heterocycles. The van der Waals surface area contributed by atoms with E-state index in [0.29, 0.717) is 29.3 Å². The highest BCUT2D eigenvalue weighted by molar-refractivity contribution is 6.31. The quantitative estimate of drug-likeness (QED) is 0.218. The third-order valence-electron chi connectivity index (χ3n) is 6.77. The number of halogens is 4. The Labute approximate surface area is 206 Å². The molecule has 35 heavy (non-hydrogen) atoms. The van der Waals surface area contributed by atoms with E-state index in [1.54, 1.807) is 18.2 Å². The number of fused-ring (bicyclic) bond motifs is 2. The lowest BCUT2D eigenvalue weighted by Crippen LogP contribution is -2.41. The standard InChI is InChI=1S/C28H23ClF3NO2/c1-2-35-27-23-15-19-14-21(29)12-13-24(19)33(34)25(23)16-22(26(27)18-6-4-3-5-7-18)17-8-10-20(11-9-17)28(30,31)32/h3-15,22,26-27H,2,16H2,1H3. The van der Waals surface area contributed by atoms with Crippen LogP contribution in [0.5, 0.6) is 0 Å². The maximum Gasteiger partial charge on any atom is 0.416 e. The number of nitrogens with zero attached hydrogens (tertiary/aromatic N) is 1. The summed E-state index contributed by atoms with van der Waals surface area (Å²) in [5.74, 6) is -0.453. The van der Waals surface area contributed by atoms with Crippen LogP contribution in [0.4, 0.5) is 13.2 Å². The zero-order valence-corrected chi connectivity index (χ0v) is 19.7. The summed E-state index contributed by atoms with van der Waals surface area (Å²) in [6.45, 7) is 2.31. The zero-order valence-electron chi connectivity index (χ0n) is 18.9. The van der Waals surface area contributed by atoms with Crippen molar-refractivity contribution >= 4 is 22.5 Å². The maximum atomic E-state index is 13.5. The molecule has 0 amide bonds. The highest BCUT2D eigenvalue weighted by Crippen LogP contribution is 2.50. The predicted molar refractivity (Wildman–Crippen MR) is 129 cm³/mol. The molecule has 3 atom stereocenters. The first kappa shape index (κ1) is 23.6. The summed E-state index contributed by atoms with van der Waals surface area (Å²) < 4.78 is 46.9. The number of hydrogen-bond acceptors (Lipinski definition) is 2. The fourth-order valence-electron chi connectivity index (χ4n) is 5.23. The fourth-order valence-corrected chi connectivity index (χ4v) is 5.41. The minimum Gasteiger partial charge on any atom is -0.618 e. The summed E-state index contributed by atoms with van der Waals surface area (Å²) >= 11 is 6.20. The third kappa shape index (κ3) is 4.37. The molecule has 1 aromatic heterocycles. The number of hydrogen-bond donors (Lipinski definition) is 0.